The van der Waals surface area contributed by atoms with Crippen molar-refractivity contribution >= 4 is 5.69 Å². The zero-order valence-corrected chi connectivity index (χ0v) is 9.33. The Hall–Kier alpha value is -1.77. The lowest BCUT2D eigenvalue weighted by Gasteiger charge is -2.00. The molecule has 2 aromatic rings. The molecule has 1 aromatic heterocycles. The van der Waals surface area contributed by atoms with Crippen molar-refractivity contribution < 1.29 is 0 Å². The van der Waals surface area contributed by atoms with E-state index < -0.39 is 0 Å². The van der Waals surface area contributed by atoms with Crippen molar-refractivity contribution in [3.63, 3.8) is 0 Å². The monoisotopic (exact) mass is 213 g/mol. The van der Waals surface area contributed by atoms with Gasteiger partial charge in [-0.1, -0.05) is 6.92 Å². The molecule has 1 atom stereocenters. The largest absolute Gasteiger partial charge is 0.399 e. The van der Waals surface area contributed by atoms with Crippen LogP contribution in [0.1, 0.15) is 30.7 Å². The van der Waals surface area contributed by atoms with Gasteiger partial charge in [0.25, 0.3) is 0 Å². The fourth-order valence-corrected chi connectivity index (χ4v) is 2.30. The van der Waals surface area contributed by atoms with Crippen LogP contribution in [-0.2, 0) is 6.42 Å². The fraction of sp³-hybridized carbons (Fsp3) is 0.308. The summed E-state index contributed by atoms with van der Waals surface area (Å²) in [6.07, 6.45) is 2.34. The number of fused-ring (bicyclic) bond motifs is 1. The van der Waals surface area contributed by atoms with Gasteiger partial charge in [-0.05, 0) is 37.1 Å². The molecule has 1 aliphatic carbocycles. The van der Waals surface area contributed by atoms with Gasteiger partial charge in [-0.25, -0.2) is 4.98 Å². The maximum atomic E-state index is 5.67. The van der Waals surface area contributed by atoms with E-state index in [9.17, 15) is 0 Å². The van der Waals surface area contributed by atoms with E-state index in [2.05, 4.69) is 16.9 Å². The van der Waals surface area contributed by atoms with Crippen LogP contribution in [-0.4, -0.2) is 9.97 Å². The number of nitrogen functional groups attached to an aromatic ring is 1. The molecule has 1 aromatic carbocycles. The summed E-state index contributed by atoms with van der Waals surface area (Å²) in [6.45, 7) is 2.24. The topological polar surface area (TPSA) is 54.7 Å². The number of anilines is 1. The number of benzene rings is 1. The van der Waals surface area contributed by atoms with E-state index in [4.69, 9.17) is 5.73 Å². The van der Waals surface area contributed by atoms with Crippen molar-refractivity contribution in [1.29, 1.82) is 0 Å². The van der Waals surface area contributed by atoms with Crippen LogP contribution in [0.5, 0.6) is 0 Å². The quantitative estimate of drug-likeness (QED) is 0.715. The van der Waals surface area contributed by atoms with E-state index in [-0.39, 0.29) is 0 Å². The van der Waals surface area contributed by atoms with E-state index in [1.54, 1.807) is 0 Å². The number of hydrogen-bond donors (Lipinski definition) is 2. The van der Waals surface area contributed by atoms with Crippen LogP contribution in [0.4, 0.5) is 5.69 Å². The number of imidazole rings is 1. The normalized spacial score (nSPS) is 18.7. The zero-order valence-electron chi connectivity index (χ0n) is 9.33. The van der Waals surface area contributed by atoms with Crippen LogP contribution in [0.2, 0.25) is 0 Å². The Labute approximate surface area is 94.7 Å². The van der Waals surface area contributed by atoms with Gasteiger partial charge in [0.15, 0.2) is 0 Å². The average Bonchev–Trinajstić information content (AvgIpc) is 2.83. The van der Waals surface area contributed by atoms with E-state index >= 15 is 0 Å². The minimum absolute atomic E-state index is 0.591. The van der Waals surface area contributed by atoms with Crippen molar-refractivity contribution in [2.24, 2.45) is 0 Å². The molecule has 0 saturated carbocycles. The second-order valence-electron chi connectivity index (χ2n) is 4.51. The molecule has 0 fully saturated rings. The maximum Gasteiger partial charge on any atom is 0.137 e. The number of nitrogens with two attached hydrogens (primary N) is 1. The minimum atomic E-state index is 0.591. The van der Waals surface area contributed by atoms with Crippen LogP contribution in [0.15, 0.2) is 24.3 Å². The number of nitrogens with zero attached hydrogens (tertiary/aromatic N) is 1. The van der Waals surface area contributed by atoms with Gasteiger partial charge in [-0.15, -0.1) is 0 Å². The summed E-state index contributed by atoms with van der Waals surface area (Å²) in [5.41, 5.74) is 10.1. The van der Waals surface area contributed by atoms with Gasteiger partial charge in [0.1, 0.15) is 5.82 Å². The summed E-state index contributed by atoms with van der Waals surface area (Å²) in [6, 6.07) is 7.83. The Kier molecular flexibility index (Phi) is 1.99. The van der Waals surface area contributed by atoms with Crippen LogP contribution >= 0.6 is 0 Å². The lowest BCUT2D eigenvalue weighted by Crippen LogP contribution is -1.89. The van der Waals surface area contributed by atoms with Crippen molar-refractivity contribution in [3.05, 3.63) is 35.7 Å². The first-order chi connectivity index (χ1) is 7.74. The summed E-state index contributed by atoms with van der Waals surface area (Å²) in [5.74, 6) is 1.56. The van der Waals surface area contributed by atoms with Crippen LogP contribution < -0.4 is 5.73 Å². The van der Waals surface area contributed by atoms with Crippen molar-refractivity contribution in [2.45, 2.75) is 25.7 Å². The molecule has 3 heteroatoms. The smallest absolute Gasteiger partial charge is 0.137 e. The Morgan fingerprint density at radius 1 is 1.31 bits per heavy atom. The molecular weight excluding hydrogens is 198 g/mol. The third-order valence-corrected chi connectivity index (χ3v) is 3.29. The van der Waals surface area contributed by atoms with Crippen molar-refractivity contribution in [3.8, 4) is 11.4 Å². The summed E-state index contributed by atoms with van der Waals surface area (Å²) >= 11 is 0. The Bertz CT molecular complexity index is 510. The van der Waals surface area contributed by atoms with Gasteiger partial charge < -0.3 is 10.7 Å². The highest BCUT2D eigenvalue weighted by atomic mass is 14.9. The molecule has 1 unspecified atom stereocenters. The van der Waals surface area contributed by atoms with E-state index in [1.165, 1.54) is 17.8 Å². The molecule has 1 heterocycles. The van der Waals surface area contributed by atoms with Gasteiger partial charge in [0.2, 0.25) is 0 Å². The number of H-pyrrole nitrogens is 1. The summed E-state index contributed by atoms with van der Waals surface area (Å²) < 4.78 is 0. The molecule has 0 radical (unpaired) electrons. The number of nitrogens with one attached hydrogen (secondary N) is 1. The first kappa shape index (κ1) is 9.46. The summed E-state index contributed by atoms with van der Waals surface area (Å²) in [4.78, 5) is 8.08. The summed E-state index contributed by atoms with van der Waals surface area (Å²) in [5, 5.41) is 0. The second kappa shape index (κ2) is 3.37. The van der Waals surface area contributed by atoms with Gasteiger partial charge >= 0.3 is 0 Å². The molecule has 16 heavy (non-hydrogen) atoms. The molecule has 0 amide bonds. The van der Waals surface area contributed by atoms with Crippen LogP contribution in [0.3, 0.4) is 0 Å². The number of aryl methyl sites for hydroxylation is 1. The van der Waals surface area contributed by atoms with E-state index in [1.807, 2.05) is 24.3 Å². The highest BCUT2D eigenvalue weighted by molar-refractivity contribution is 5.59. The molecule has 3 rings (SSSR count). The Balaban J connectivity index is 2.02. The number of rotatable bonds is 1. The van der Waals surface area contributed by atoms with E-state index in [0.717, 1.165) is 23.5 Å². The third-order valence-electron chi connectivity index (χ3n) is 3.29. The molecule has 1 aliphatic rings. The standard InChI is InChI=1S/C13H15N3/c1-8-2-7-11-12(8)16-13(15-11)9-3-5-10(14)6-4-9/h3-6,8H,2,7,14H2,1H3,(H,15,16). The van der Waals surface area contributed by atoms with Gasteiger partial charge in [0.05, 0.1) is 5.69 Å². The van der Waals surface area contributed by atoms with Crippen LogP contribution in [0, 0.1) is 0 Å². The SMILES string of the molecule is CC1CCc2[nH]c(-c3ccc(N)cc3)nc21. The first-order valence-corrected chi connectivity index (χ1v) is 5.69. The van der Waals surface area contributed by atoms with Gasteiger partial charge in [-0.3, -0.25) is 0 Å². The van der Waals surface area contributed by atoms with Crippen molar-refractivity contribution in [1.82, 2.24) is 9.97 Å². The number of aromatic amines is 1. The number of aromatic nitrogens is 2. The molecule has 0 saturated heterocycles. The lowest BCUT2D eigenvalue weighted by molar-refractivity contribution is 0.726. The molecule has 0 spiro atoms. The molecule has 82 valence electrons. The Morgan fingerprint density at radius 2 is 2.06 bits per heavy atom. The summed E-state index contributed by atoms with van der Waals surface area (Å²) in [7, 11) is 0. The minimum Gasteiger partial charge on any atom is -0.399 e. The number of hydrogen-bond acceptors (Lipinski definition) is 2. The van der Waals surface area contributed by atoms with E-state index in [0.29, 0.717) is 5.92 Å². The fourth-order valence-electron chi connectivity index (χ4n) is 2.30. The van der Waals surface area contributed by atoms with Crippen LogP contribution in [0.25, 0.3) is 11.4 Å². The molecule has 3 N–H and O–H groups in total. The predicted octanol–water partition coefficient (Wildman–Crippen LogP) is 2.71. The lowest BCUT2D eigenvalue weighted by atomic mass is 10.1. The zero-order chi connectivity index (χ0) is 11.1. The first-order valence-electron chi connectivity index (χ1n) is 5.69. The van der Waals surface area contributed by atoms with Crippen molar-refractivity contribution in [2.75, 3.05) is 5.73 Å². The highest BCUT2D eigenvalue weighted by Gasteiger charge is 2.23. The molecule has 3 nitrogen and oxygen atoms in total. The average molecular weight is 213 g/mol. The second-order valence-corrected chi connectivity index (χ2v) is 4.51. The third kappa shape index (κ3) is 1.40. The van der Waals surface area contributed by atoms with Gasteiger partial charge in [-0.2, -0.15) is 0 Å². The van der Waals surface area contributed by atoms with Gasteiger partial charge in [0, 0.05) is 22.9 Å². The Morgan fingerprint density at radius 3 is 2.75 bits per heavy atom. The molecule has 0 bridgehead atoms. The highest BCUT2D eigenvalue weighted by Crippen LogP contribution is 2.32. The maximum absolute atomic E-state index is 5.67. The molecular formula is C13H15N3. The predicted molar refractivity (Wildman–Crippen MR) is 65.2 cm³/mol. The molecule has 0 aliphatic heterocycles.